The van der Waals surface area contributed by atoms with Gasteiger partial charge in [0, 0.05) is 0 Å². The summed E-state index contributed by atoms with van der Waals surface area (Å²) in [5.74, 6) is -1.73. The Morgan fingerprint density at radius 1 is 1.28 bits per heavy atom. The van der Waals surface area contributed by atoms with Gasteiger partial charge in [0.1, 0.15) is 12.6 Å². The van der Waals surface area contributed by atoms with Crippen LogP contribution < -0.4 is 4.90 Å². The van der Waals surface area contributed by atoms with Crippen LogP contribution in [0.2, 0.25) is 0 Å². The summed E-state index contributed by atoms with van der Waals surface area (Å²) in [7, 11) is 0. The molecule has 1 amide bonds. The molecule has 18 heavy (non-hydrogen) atoms. The van der Waals surface area contributed by atoms with Crippen LogP contribution in [-0.2, 0) is 9.59 Å². The average molecular weight is 251 g/mol. The zero-order chi connectivity index (χ0) is 13.9. The van der Waals surface area contributed by atoms with E-state index in [2.05, 4.69) is 0 Å². The molecule has 0 aliphatic rings. The predicted molar refractivity (Wildman–Crippen MR) is 67.6 cm³/mol. The normalized spacial score (nSPS) is 12.0. The van der Waals surface area contributed by atoms with E-state index in [4.69, 9.17) is 10.2 Å². The van der Waals surface area contributed by atoms with Gasteiger partial charge in [-0.3, -0.25) is 9.69 Å². The number of para-hydroxylation sites is 1. The molecular formula is C13H17NO4. The lowest BCUT2D eigenvalue weighted by Gasteiger charge is -2.29. The summed E-state index contributed by atoms with van der Waals surface area (Å²) in [6, 6.07) is 4.41. The highest BCUT2D eigenvalue weighted by molar-refractivity contribution is 6.00. The SMILES string of the molecule is Cc1cccc(C)c1N(C(=O)CO)C(C)C(=O)O. The Bertz CT molecular complexity index is 450. The molecule has 0 aliphatic carbocycles. The number of nitrogens with zero attached hydrogens (tertiary/aromatic N) is 1. The Morgan fingerprint density at radius 2 is 1.78 bits per heavy atom. The third-order valence-corrected chi connectivity index (χ3v) is 2.83. The second-order valence-corrected chi connectivity index (χ2v) is 4.18. The van der Waals surface area contributed by atoms with Gasteiger partial charge in [-0.15, -0.1) is 0 Å². The quantitative estimate of drug-likeness (QED) is 0.840. The van der Waals surface area contributed by atoms with Gasteiger partial charge < -0.3 is 10.2 Å². The van der Waals surface area contributed by atoms with Crippen molar-refractivity contribution in [1.29, 1.82) is 0 Å². The Morgan fingerprint density at radius 3 is 2.17 bits per heavy atom. The molecule has 1 rings (SSSR count). The predicted octanol–water partition coefficient (Wildman–Crippen LogP) is 1.10. The topological polar surface area (TPSA) is 77.8 Å². The molecule has 0 radical (unpaired) electrons. The Labute approximate surface area is 106 Å². The van der Waals surface area contributed by atoms with Crippen molar-refractivity contribution in [2.45, 2.75) is 26.8 Å². The number of aryl methyl sites for hydroxylation is 2. The Hall–Kier alpha value is -1.88. The van der Waals surface area contributed by atoms with Gasteiger partial charge >= 0.3 is 5.97 Å². The van der Waals surface area contributed by atoms with Gasteiger partial charge in [0.15, 0.2) is 0 Å². The summed E-state index contributed by atoms with van der Waals surface area (Å²) < 4.78 is 0. The van der Waals surface area contributed by atoms with Gasteiger partial charge in [0.05, 0.1) is 5.69 Å². The number of aliphatic hydroxyl groups excluding tert-OH is 1. The maximum absolute atomic E-state index is 11.8. The van der Waals surface area contributed by atoms with Crippen molar-refractivity contribution in [3.05, 3.63) is 29.3 Å². The van der Waals surface area contributed by atoms with Gasteiger partial charge in [-0.1, -0.05) is 18.2 Å². The van der Waals surface area contributed by atoms with Crippen molar-refractivity contribution in [2.24, 2.45) is 0 Å². The first-order chi connectivity index (χ1) is 8.40. The number of carbonyl (C=O) groups excluding carboxylic acids is 1. The van der Waals surface area contributed by atoms with Crippen LogP contribution >= 0.6 is 0 Å². The van der Waals surface area contributed by atoms with E-state index in [1.807, 2.05) is 6.07 Å². The number of carbonyl (C=O) groups is 2. The Kier molecular flexibility index (Phi) is 4.44. The number of benzene rings is 1. The minimum atomic E-state index is -1.11. The fourth-order valence-electron chi connectivity index (χ4n) is 1.91. The zero-order valence-electron chi connectivity index (χ0n) is 10.7. The number of aliphatic carboxylic acids is 1. The second kappa shape index (κ2) is 5.64. The van der Waals surface area contributed by atoms with Crippen LogP contribution in [0, 0.1) is 13.8 Å². The molecule has 2 N–H and O–H groups in total. The fourth-order valence-corrected chi connectivity index (χ4v) is 1.91. The minimum absolute atomic E-state index is 0.548. The average Bonchev–Trinajstić information content (AvgIpc) is 2.32. The summed E-state index contributed by atoms with van der Waals surface area (Å²) in [4.78, 5) is 24.0. The zero-order valence-corrected chi connectivity index (χ0v) is 10.7. The van der Waals surface area contributed by atoms with Crippen molar-refractivity contribution in [1.82, 2.24) is 0 Å². The molecule has 0 spiro atoms. The van der Waals surface area contributed by atoms with Crippen LogP contribution in [0.25, 0.3) is 0 Å². The number of hydrogen-bond donors (Lipinski definition) is 2. The van der Waals surface area contributed by atoms with Gasteiger partial charge in [0.25, 0.3) is 5.91 Å². The molecule has 1 aromatic rings. The van der Waals surface area contributed by atoms with Crippen LogP contribution in [0.4, 0.5) is 5.69 Å². The van der Waals surface area contributed by atoms with Crippen molar-refractivity contribution < 1.29 is 19.8 Å². The largest absolute Gasteiger partial charge is 0.480 e. The van der Waals surface area contributed by atoms with Crippen molar-refractivity contribution in [3.8, 4) is 0 Å². The van der Waals surface area contributed by atoms with E-state index >= 15 is 0 Å². The highest BCUT2D eigenvalue weighted by Crippen LogP contribution is 2.26. The summed E-state index contributed by atoms with van der Waals surface area (Å²) in [6.07, 6.45) is 0. The summed E-state index contributed by atoms with van der Waals surface area (Å²) in [6.45, 7) is 4.30. The molecule has 1 aromatic carbocycles. The molecule has 0 heterocycles. The third-order valence-electron chi connectivity index (χ3n) is 2.83. The van der Waals surface area contributed by atoms with Crippen molar-refractivity contribution in [2.75, 3.05) is 11.5 Å². The smallest absolute Gasteiger partial charge is 0.326 e. The molecule has 98 valence electrons. The Balaban J connectivity index is 3.35. The maximum atomic E-state index is 11.8. The number of aliphatic hydroxyl groups is 1. The summed E-state index contributed by atoms with van der Waals surface area (Å²) in [5.41, 5.74) is 2.14. The van der Waals surface area contributed by atoms with E-state index in [0.717, 1.165) is 16.0 Å². The van der Waals surface area contributed by atoms with E-state index in [0.29, 0.717) is 5.69 Å². The van der Waals surface area contributed by atoms with Gasteiger partial charge in [-0.2, -0.15) is 0 Å². The number of rotatable bonds is 4. The molecule has 0 fully saturated rings. The van der Waals surface area contributed by atoms with Crippen LogP contribution in [0.1, 0.15) is 18.1 Å². The molecule has 0 saturated heterocycles. The van der Waals surface area contributed by atoms with Crippen LogP contribution in [0.5, 0.6) is 0 Å². The lowest BCUT2D eigenvalue weighted by atomic mass is 10.1. The standard InChI is InChI=1S/C13H17NO4/c1-8-5-4-6-9(2)12(8)14(11(16)7-15)10(3)13(17)18/h4-6,10,15H,7H2,1-3H3,(H,17,18). The van der Waals surface area contributed by atoms with Crippen molar-refractivity contribution in [3.63, 3.8) is 0 Å². The molecular weight excluding hydrogens is 234 g/mol. The van der Waals surface area contributed by atoms with E-state index in [-0.39, 0.29) is 0 Å². The van der Waals surface area contributed by atoms with Crippen LogP contribution in [0.15, 0.2) is 18.2 Å². The first kappa shape index (κ1) is 14.2. The molecule has 1 unspecified atom stereocenters. The first-order valence-corrected chi connectivity index (χ1v) is 5.62. The molecule has 5 heteroatoms. The van der Waals surface area contributed by atoms with E-state index in [1.54, 1.807) is 26.0 Å². The van der Waals surface area contributed by atoms with Gasteiger partial charge in [0.2, 0.25) is 0 Å². The monoisotopic (exact) mass is 251 g/mol. The molecule has 5 nitrogen and oxygen atoms in total. The van der Waals surface area contributed by atoms with Crippen LogP contribution in [-0.4, -0.2) is 34.7 Å². The highest BCUT2D eigenvalue weighted by Gasteiger charge is 2.28. The minimum Gasteiger partial charge on any atom is -0.480 e. The molecule has 0 aromatic heterocycles. The number of amides is 1. The summed E-state index contributed by atoms with van der Waals surface area (Å²) >= 11 is 0. The highest BCUT2D eigenvalue weighted by atomic mass is 16.4. The first-order valence-electron chi connectivity index (χ1n) is 5.62. The van der Waals surface area contributed by atoms with Crippen LogP contribution in [0.3, 0.4) is 0 Å². The lowest BCUT2D eigenvalue weighted by Crippen LogP contribution is -2.45. The molecule has 0 bridgehead atoms. The molecule has 0 saturated carbocycles. The van der Waals surface area contributed by atoms with Gasteiger partial charge in [-0.25, -0.2) is 4.79 Å². The maximum Gasteiger partial charge on any atom is 0.326 e. The molecule has 1 atom stereocenters. The number of anilines is 1. The fraction of sp³-hybridized carbons (Fsp3) is 0.385. The van der Waals surface area contributed by atoms with E-state index in [1.165, 1.54) is 6.92 Å². The van der Waals surface area contributed by atoms with E-state index < -0.39 is 24.5 Å². The molecule has 0 aliphatic heterocycles. The second-order valence-electron chi connectivity index (χ2n) is 4.18. The third kappa shape index (κ3) is 2.68. The van der Waals surface area contributed by atoms with Gasteiger partial charge in [-0.05, 0) is 31.9 Å². The van der Waals surface area contributed by atoms with Crippen molar-refractivity contribution >= 4 is 17.6 Å². The number of hydrogen-bond acceptors (Lipinski definition) is 3. The lowest BCUT2D eigenvalue weighted by molar-refractivity contribution is -0.140. The number of carboxylic acid groups (broad SMARTS) is 1. The summed E-state index contributed by atoms with van der Waals surface area (Å²) in [5, 5.41) is 18.1. The van der Waals surface area contributed by atoms with E-state index in [9.17, 15) is 9.59 Å². The number of carboxylic acids is 1.